The van der Waals surface area contributed by atoms with Crippen molar-refractivity contribution in [1.29, 1.82) is 5.26 Å². The normalized spacial score (nSPS) is 18.3. The number of anilines is 2. The number of nitriles is 1. The van der Waals surface area contributed by atoms with Crippen LogP contribution < -0.4 is 10.2 Å². The van der Waals surface area contributed by atoms with Gasteiger partial charge in [-0.1, -0.05) is 12.5 Å². The zero-order valence-corrected chi connectivity index (χ0v) is 16.5. The molecule has 2 aromatic carbocycles. The van der Waals surface area contributed by atoms with Gasteiger partial charge in [0.05, 0.1) is 22.9 Å². The number of hydrogen-bond donors (Lipinski definition) is 1. The van der Waals surface area contributed by atoms with Gasteiger partial charge in [-0.3, -0.25) is 9.59 Å². The Bertz CT molecular complexity index is 995. The quantitative estimate of drug-likeness (QED) is 0.862. The van der Waals surface area contributed by atoms with Gasteiger partial charge < -0.3 is 15.1 Å². The molecule has 0 spiro atoms. The Morgan fingerprint density at radius 2 is 2.07 bits per heavy atom. The molecule has 0 saturated carbocycles. The molecule has 6 heteroatoms. The molecule has 0 aromatic heterocycles. The minimum absolute atomic E-state index is 0.0604. The summed E-state index contributed by atoms with van der Waals surface area (Å²) in [7, 11) is 0. The van der Waals surface area contributed by atoms with E-state index in [1.807, 2.05) is 11.0 Å². The topological polar surface area (TPSA) is 76.4 Å². The molecule has 2 aromatic rings. The van der Waals surface area contributed by atoms with Gasteiger partial charge in [-0.15, -0.1) is 0 Å². The van der Waals surface area contributed by atoms with Crippen LogP contribution in [0.2, 0.25) is 0 Å². The van der Waals surface area contributed by atoms with Gasteiger partial charge in [0.15, 0.2) is 0 Å². The second kappa shape index (κ2) is 7.96. The minimum atomic E-state index is -0.255. The van der Waals surface area contributed by atoms with E-state index in [1.54, 1.807) is 36.4 Å². The lowest BCUT2D eigenvalue weighted by Crippen LogP contribution is -2.55. The van der Waals surface area contributed by atoms with Crippen molar-refractivity contribution >= 4 is 23.2 Å². The number of amides is 2. The van der Waals surface area contributed by atoms with Crippen molar-refractivity contribution in [2.45, 2.75) is 38.8 Å². The van der Waals surface area contributed by atoms with Crippen molar-refractivity contribution in [2.24, 2.45) is 0 Å². The molecule has 2 heterocycles. The number of hydrogen-bond acceptors (Lipinski definition) is 4. The Hall–Kier alpha value is -3.33. The Balaban J connectivity index is 1.65. The zero-order valence-electron chi connectivity index (χ0n) is 16.5. The molecule has 1 unspecified atom stereocenters. The number of nitrogens with one attached hydrogen (secondary N) is 1. The summed E-state index contributed by atoms with van der Waals surface area (Å²) < 4.78 is 0. The van der Waals surface area contributed by atoms with E-state index in [2.05, 4.69) is 23.2 Å². The lowest BCUT2D eigenvalue weighted by molar-refractivity contribution is 0.0656. The van der Waals surface area contributed by atoms with E-state index < -0.39 is 0 Å². The van der Waals surface area contributed by atoms with E-state index in [4.69, 9.17) is 5.26 Å². The first kappa shape index (κ1) is 19.0. The summed E-state index contributed by atoms with van der Waals surface area (Å²) in [6.45, 7) is 3.65. The van der Waals surface area contributed by atoms with Gasteiger partial charge in [0.1, 0.15) is 6.17 Å². The van der Waals surface area contributed by atoms with Crippen LogP contribution in [0.15, 0.2) is 42.5 Å². The van der Waals surface area contributed by atoms with Crippen LogP contribution in [-0.2, 0) is 0 Å². The predicted octanol–water partition coefficient (Wildman–Crippen LogP) is 3.99. The Morgan fingerprint density at radius 1 is 1.21 bits per heavy atom. The summed E-state index contributed by atoms with van der Waals surface area (Å²) in [5, 5.41) is 11.9. The zero-order chi connectivity index (χ0) is 20.4. The Labute approximate surface area is 170 Å². The lowest BCUT2D eigenvalue weighted by Gasteiger charge is -2.44. The first-order valence-electron chi connectivity index (χ1n) is 10.2. The van der Waals surface area contributed by atoms with E-state index in [-0.39, 0.29) is 18.0 Å². The molecule has 0 bridgehead atoms. The van der Waals surface area contributed by atoms with Crippen LogP contribution in [0.25, 0.3) is 0 Å². The maximum atomic E-state index is 13.1. The monoisotopic (exact) mass is 388 g/mol. The van der Waals surface area contributed by atoms with E-state index in [0.29, 0.717) is 22.4 Å². The summed E-state index contributed by atoms with van der Waals surface area (Å²) in [4.78, 5) is 30.1. The van der Waals surface area contributed by atoms with Crippen LogP contribution in [0.3, 0.4) is 0 Å². The number of carbonyl (C=O) groups is 2. The molecule has 1 N–H and O–H groups in total. The SMILES string of the molecule is CCN1c2cc(C(=O)Nc3cccc(C#N)c3)ccc2C(=O)N2CCCCCC21. The first-order chi connectivity index (χ1) is 14.1. The molecular formula is C23H24N4O2. The molecule has 0 radical (unpaired) electrons. The highest BCUT2D eigenvalue weighted by molar-refractivity contribution is 6.08. The van der Waals surface area contributed by atoms with E-state index in [1.165, 1.54) is 0 Å². The first-order valence-corrected chi connectivity index (χ1v) is 10.2. The van der Waals surface area contributed by atoms with E-state index in [9.17, 15) is 9.59 Å². The fourth-order valence-corrected chi connectivity index (χ4v) is 4.31. The van der Waals surface area contributed by atoms with Crippen molar-refractivity contribution in [1.82, 2.24) is 4.90 Å². The standard InChI is InChI=1S/C23H24N4O2/c1-2-26-20-14-17(22(28)25-18-8-6-7-16(13-18)15-24)10-11-19(20)23(29)27-12-5-3-4-9-21(26)27/h6-8,10-11,13-14,21H,2-5,9,12H2,1H3,(H,25,28). The average molecular weight is 388 g/mol. The molecule has 1 atom stereocenters. The number of fused-ring (bicyclic) bond motifs is 2. The highest BCUT2D eigenvalue weighted by Crippen LogP contribution is 2.35. The smallest absolute Gasteiger partial charge is 0.257 e. The molecule has 2 aliphatic rings. The average Bonchev–Trinajstić information content (AvgIpc) is 3.00. The molecule has 1 fully saturated rings. The largest absolute Gasteiger partial charge is 0.351 e. The molecule has 2 aliphatic heterocycles. The fraction of sp³-hybridized carbons (Fsp3) is 0.348. The number of carbonyl (C=O) groups excluding carboxylic acids is 2. The van der Waals surface area contributed by atoms with Crippen molar-refractivity contribution in [2.75, 3.05) is 23.3 Å². The van der Waals surface area contributed by atoms with Crippen LogP contribution in [0.1, 0.15) is 58.9 Å². The van der Waals surface area contributed by atoms with Crippen LogP contribution >= 0.6 is 0 Å². The molecule has 29 heavy (non-hydrogen) atoms. The summed E-state index contributed by atoms with van der Waals surface area (Å²) in [6, 6.07) is 14.2. The molecule has 0 aliphatic carbocycles. The van der Waals surface area contributed by atoms with Gasteiger partial charge in [-0.05, 0) is 62.6 Å². The number of nitrogens with zero attached hydrogens (tertiary/aromatic N) is 3. The third kappa shape index (κ3) is 3.56. The van der Waals surface area contributed by atoms with E-state index in [0.717, 1.165) is 44.5 Å². The summed E-state index contributed by atoms with van der Waals surface area (Å²) >= 11 is 0. The van der Waals surface area contributed by atoms with Crippen molar-refractivity contribution in [3.05, 3.63) is 59.2 Å². The van der Waals surface area contributed by atoms with E-state index >= 15 is 0 Å². The van der Waals surface area contributed by atoms with Crippen molar-refractivity contribution in [3.8, 4) is 6.07 Å². The lowest BCUT2D eigenvalue weighted by atomic mass is 10.0. The van der Waals surface area contributed by atoms with Crippen LogP contribution in [0, 0.1) is 11.3 Å². The molecule has 2 amide bonds. The van der Waals surface area contributed by atoms with Gasteiger partial charge in [-0.2, -0.15) is 5.26 Å². The summed E-state index contributed by atoms with van der Waals surface area (Å²) in [5.74, 6) is -0.194. The summed E-state index contributed by atoms with van der Waals surface area (Å²) in [5.41, 5.74) is 3.06. The predicted molar refractivity (Wildman–Crippen MR) is 112 cm³/mol. The third-order valence-corrected chi connectivity index (χ3v) is 5.73. The molecule has 6 nitrogen and oxygen atoms in total. The summed E-state index contributed by atoms with van der Waals surface area (Å²) in [6.07, 6.45) is 4.31. The Morgan fingerprint density at radius 3 is 2.86 bits per heavy atom. The number of benzene rings is 2. The fourth-order valence-electron chi connectivity index (χ4n) is 4.31. The van der Waals surface area contributed by atoms with Gasteiger partial charge in [0.2, 0.25) is 0 Å². The maximum absolute atomic E-state index is 13.1. The second-order valence-electron chi connectivity index (χ2n) is 7.49. The minimum Gasteiger partial charge on any atom is -0.351 e. The van der Waals surface area contributed by atoms with Gasteiger partial charge in [0, 0.05) is 24.3 Å². The highest BCUT2D eigenvalue weighted by Gasteiger charge is 2.37. The van der Waals surface area contributed by atoms with Gasteiger partial charge in [-0.25, -0.2) is 0 Å². The molecule has 4 rings (SSSR count). The second-order valence-corrected chi connectivity index (χ2v) is 7.49. The highest BCUT2D eigenvalue weighted by atomic mass is 16.2. The Kier molecular flexibility index (Phi) is 5.22. The maximum Gasteiger partial charge on any atom is 0.257 e. The third-order valence-electron chi connectivity index (χ3n) is 5.73. The van der Waals surface area contributed by atoms with Gasteiger partial charge in [0.25, 0.3) is 11.8 Å². The molecule has 148 valence electrons. The van der Waals surface area contributed by atoms with Gasteiger partial charge >= 0.3 is 0 Å². The number of rotatable bonds is 3. The van der Waals surface area contributed by atoms with Crippen LogP contribution in [-0.4, -0.2) is 36.0 Å². The molecular weight excluding hydrogens is 364 g/mol. The van der Waals surface area contributed by atoms with Crippen LogP contribution in [0.4, 0.5) is 11.4 Å². The van der Waals surface area contributed by atoms with Crippen molar-refractivity contribution in [3.63, 3.8) is 0 Å². The van der Waals surface area contributed by atoms with Crippen LogP contribution in [0.5, 0.6) is 0 Å². The molecule has 1 saturated heterocycles. The van der Waals surface area contributed by atoms with Crippen molar-refractivity contribution < 1.29 is 9.59 Å².